The molecule has 0 saturated heterocycles. The van der Waals surface area contributed by atoms with Gasteiger partial charge < -0.3 is 16.4 Å². The Hall–Kier alpha value is -1.45. The molecule has 1 aromatic heterocycles. The van der Waals surface area contributed by atoms with E-state index in [1.165, 1.54) is 0 Å². The Bertz CT molecular complexity index is 257. The Morgan fingerprint density at radius 2 is 2.00 bits per heavy atom. The number of nitrogens with zero attached hydrogens (tertiary/aromatic N) is 2. The fourth-order valence-electron chi connectivity index (χ4n) is 0.865. The minimum absolute atomic E-state index is 0.591. The van der Waals surface area contributed by atoms with Crippen LogP contribution >= 0.6 is 0 Å². The van der Waals surface area contributed by atoms with Crippen LogP contribution in [0.2, 0.25) is 0 Å². The largest absolute Gasteiger partial charge is 0.397 e. The second-order valence-electron chi connectivity index (χ2n) is 2.58. The molecule has 4 heteroatoms. The third-order valence-electron chi connectivity index (χ3n) is 1.34. The van der Waals surface area contributed by atoms with E-state index in [2.05, 4.69) is 4.98 Å². The fraction of sp³-hybridized carbons (Fsp3) is 0.286. The summed E-state index contributed by atoms with van der Waals surface area (Å²) in [5.41, 5.74) is 12.3. The number of hydrogen-bond donors (Lipinski definition) is 2. The maximum absolute atomic E-state index is 5.64. The zero-order valence-electron chi connectivity index (χ0n) is 6.70. The van der Waals surface area contributed by atoms with Crippen molar-refractivity contribution in [3.05, 3.63) is 12.3 Å². The highest BCUT2D eigenvalue weighted by Gasteiger charge is 2.01. The first kappa shape index (κ1) is 7.65. The van der Waals surface area contributed by atoms with Gasteiger partial charge in [0.05, 0.1) is 17.6 Å². The molecule has 0 unspecified atom stereocenters. The van der Waals surface area contributed by atoms with Crippen molar-refractivity contribution in [2.75, 3.05) is 30.5 Å². The van der Waals surface area contributed by atoms with E-state index < -0.39 is 0 Å². The molecule has 60 valence electrons. The molecule has 0 aliphatic carbocycles. The molecule has 0 spiro atoms. The molecule has 0 atom stereocenters. The van der Waals surface area contributed by atoms with Crippen molar-refractivity contribution in [3.63, 3.8) is 0 Å². The normalized spacial score (nSPS) is 9.64. The number of nitrogens with two attached hydrogens (primary N) is 2. The molecule has 0 radical (unpaired) electrons. The van der Waals surface area contributed by atoms with E-state index in [4.69, 9.17) is 11.5 Å². The molecular weight excluding hydrogens is 140 g/mol. The van der Waals surface area contributed by atoms with Gasteiger partial charge in [0, 0.05) is 14.1 Å². The van der Waals surface area contributed by atoms with E-state index >= 15 is 0 Å². The van der Waals surface area contributed by atoms with Crippen LogP contribution in [0.25, 0.3) is 0 Å². The van der Waals surface area contributed by atoms with Crippen LogP contribution in [-0.4, -0.2) is 19.1 Å². The first-order valence-corrected chi connectivity index (χ1v) is 3.29. The number of rotatable bonds is 1. The summed E-state index contributed by atoms with van der Waals surface area (Å²) in [6.45, 7) is 0. The average molecular weight is 152 g/mol. The van der Waals surface area contributed by atoms with Gasteiger partial charge in [-0.3, -0.25) is 0 Å². The van der Waals surface area contributed by atoms with Crippen molar-refractivity contribution in [3.8, 4) is 0 Å². The van der Waals surface area contributed by atoms with Gasteiger partial charge in [-0.2, -0.15) is 0 Å². The summed E-state index contributed by atoms with van der Waals surface area (Å²) in [5.74, 6) is 0.749. The predicted octanol–water partition coefficient (Wildman–Crippen LogP) is 0.312. The number of nitrogen functional groups attached to an aromatic ring is 2. The van der Waals surface area contributed by atoms with Gasteiger partial charge in [-0.25, -0.2) is 4.98 Å². The minimum Gasteiger partial charge on any atom is -0.397 e. The van der Waals surface area contributed by atoms with Crippen LogP contribution in [0.15, 0.2) is 12.3 Å². The monoisotopic (exact) mass is 152 g/mol. The molecule has 0 fully saturated rings. The molecule has 0 amide bonds. The molecule has 0 aliphatic rings. The molecule has 1 heterocycles. The minimum atomic E-state index is 0.591. The Labute approximate surface area is 65.8 Å². The molecule has 0 bridgehead atoms. The van der Waals surface area contributed by atoms with Crippen LogP contribution < -0.4 is 16.4 Å². The van der Waals surface area contributed by atoms with Gasteiger partial charge in [0.25, 0.3) is 0 Å². The van der Waals surface area contributed by atoms with Crippen LogP contribution in [0.5, 0.6) is 0 Å². The predicted molar refractivity (Wildman–Crippen MR) is 47.4 cm³/mol. The molecule has 0 aromatic carbocycles. The van der Waals surface area contributed by atoms with Crippen molar-refractivity contribution >= 4 is 17.2 Å². The number of pyridine rings is 1. The van der Waals surface area contributed by atoms with Crippen LogP contribution in [0.3, 0.4) is 0 Å². The number of aromatic nitrogens is 1. The molecule has 1 aromatic rings. The lowest BCUT2D eigenvalue weighted by Crippen LogP contribution is -2.13. The number of hydrogen-bond acceptors (Lipinski definition) is 4. The lowest BCUT2D eigenvalue weighted by atomic mass is 10.3. The highest BCUT2D eigenvalue weighted by molar-refractivity contribution is 5.66. The second kappa shape index (κ2) is 2.65. The molecule has 1 rings (SSSR count). The molecular formula is C7H12N4. The Balaban J connectivity index is 3.09. The van der Waals surface area contributed by atoms with Crippen molar-refractivity contribution in [2.45, 2.75) is 0 Å². The summed E-state index contributed by atoms with van der Waals surface area (Å²) in [6.07, 6.45) is 1.59. The van der Waals surface area contributed by atoms with Gasteiger partial charge in [0.1, 0.15) is 0 Å². The third-order valence-corrected chi connectivity index (χ3v) is 1.34. The molecule has 0 aliphatic heterocycles. The van der Waals surface area contributed by atoms with Gasteiger partial charge in [-0.15, -0.1) is 0 Å². The van der Waals surface area contributed by atoms with Gasteiger partial charge >= 0.3 is 0 Å². The molecule has 4 nitrogen and oxygen atoms in total. The average Bonchev–Trinajstić information content (AvgIpc) is 1.85. The van der Waals surface area contributed by atoms with Gasteiger partial charge in [-0.1, -0.05) is 0 Å². The van der Waals surface area contributed by atoms with E-state index in [1.54, 1.807) is 12.3 Å². The van der Waals surface area contributed by atoms with Crippen LogP contribution in [0.4, 0.5) is 17.2 Å². The van der Waals surface area contributed by atoms with Crippen LogP contribution in [-0.2, 0) is 0 Å². The van der Waals surface area contributed by atoms with Crippen LogP contribution in [0, 0.1) is 0 Å². The van der Waals surface area contributed by atoms with Crippen molar-refractivity contribution in [2.24, 2.45) is 0 Å². The summed E-state index contributed by atoms with van der Waals surface area (Å²) in [6, 6.07) is 1.70. The van der Waals surface area contributed by atoms with Crippen molar-refractivity contribution in [1.82, 2.24) is 4.98 Å². The van der Waals surface area contributed by atoms with E-state index in [0.29, 0.717) is 11.4 Å². The fourth-order valence-corrected chi connectivity index (χ4v) is 0.865. The van der Waals surface area contributed by atoms with Crippen molar-refractivity contribution < 1.29 is 0 Å². The summed E-state index contributed by atoms with van der Waals surface area (Å²) < 4.78 is 0. The van der Waals surface area contributed by atoms with Crippen LogP contribution in [0.1, 0.15) is 0 Å². The van der Waals surface area contributed by atoms with Crippen molar-refractivity contribution in [1.29, 1.82) is 0 Å². The summed E-state index contributed by atoms with van der Waals surface area (Å²) >= 11 is 0. The van der Waals surface area contributed by atoms with E-state index in [0.717, 1.165) is 5.82 Å². The van der Waals surface area contributed by atoms with Gasteiger partial charge in [0.15, 0.2) is 5.82 Å². The zero-order valence-corrected chi connectivity index (χ0v) is 6.70. The second-order valence-corrected chi connectivity index (χ2v) is 2.58. The third kappa shape index (κ3) is 1.52. The van der Waals surface area contributed by atoms with E-state index in [-0.39, 0.29) is 0 Å². The van der Waals surface area contributed by atoms with E-state index in [1.807, 2.05) is 19.0 Å². The molecule has 0 saturated carbocycles. The highest BCUT2D eigenvalue weighted by atomic mass is 15.1. The zero-order chi connectivity index (χ0) is 8.43. The Kier molecular flexibility index (Phi) is 1.85. The quantitative estimate of drug-likeness (QED) is 0.607. The van der Waals surface area contributed by atoms with E-state index in [9.17, 15) is 0 Å². The SMILES string of the molecule is CN(C)c1ncc(N)cc1N. The molecule has 11 heavy (non-hydrogen) atoms. The lowest BCUT2D eigenvalue weighted by Gasteiger charge is -2.13. The first-order chi connectivity index (χ1) is 5.11. The summed E-state index contributed by atoms with van der Waals surface area (Å²) in [5, 5.41) is 0. The Morgan fingerprint density at radius 1 is 1.36 bits per heavy atom. The highest BCUT2D eigenvalue weighted by Crippen LogP contribution is 2.19. The lowest BCUT2D eigenvalue weighted by molar-refractivity contribution is 1.07. The maximum Gasteiger partial charge on any atom is 0.151 e. The smallest absolute Gasteiger partial charge is 0.151 e. The summed E-state index contributed by atoms with van der Waals surface area (Å²) in [4.78, 5) is 5.90. The maximum atomic E-state index is 5.64. The standard InChI is InChI=1S/C7H12N4/c1-11(2)7-6(9)3-5(8)4-10-7/h3-4H,8-9H2,1-2H3. The summed E-state index contributed by atoms with van der Waals surface area (Å²) in [7, 11) is 3.77. The Morgan fingerprint density at radius 3 is 2.45 bits per heavy atom. The molecule has 4 N–H and O–H groups in total. The first-order valence-electron chi connectivity index (χ1n) is 3.29. The number of anilines is 3. The van der Waals surface area contributed by atoms with Gasteiger partial charge in [0.2, 0.25) is 0 Å². The topological polar surface area (TPSA) is 68.2 Å². The van der Waals surface area contributed by atoms with Gasteiger partial charge in [-0.05, 0) is 6.07 Å².